The van der Waals surface area contributed by atoms with E-state index in [0.717, 1.165) is 73.9 Å². The number of fused-ring (bicyclic) bond motifs is 5. The number of likely N-dealkylation sites (tertiary alicyclic amines) is 1. The van der Waals surface area contributed by atoms with E-state index in [2.05, 4.69) is 31.7 Å². The first-order chi connectivity index (χ1) is 17.8. The number of aliphatic hydroxyl groups excluding tert-OH is 1. The summed E-state index contributed by atoms with van der Waals surface area (Å²) in [5.41, 5.74) is 3.30. The number of carbonyl (C=O) groups excluding carboxylic acids is 1. The number of carbonyl (C=O) groups is 1. The maximum atomic E-state index is 12.9. The number of allylic oxidation sites excluding steroid dienone is 1. The van der Waals surface area contributed by atoms with Crippen LogP contribution in [0.5, 0.6) is 0 Å². The Hall–Kier alpha value is -1.45. The Kier molecular flexibility index (Phi) is 6.93. The van der Waals surface area contributed by atoms with Gasteiger partial charge in [0.1, 0.15) is 0 Å². The molecule has 37 heavy (non-hydrogen) atoms. The largest absolute Gasteiger partial charge is 0.393 e. The number of hydrogen-bond donors (Lipinski definition) is 1. The van der Waals surface area contributed by atoms with E-state index in [1.54, 1.807) is 5.57 Å². The standard InChI is InChI=1S/C34H49NO2/c1-23(22-35-19-15-25(16-20-35)32(37)24-7-5-4-6-8-24)29-11-12-30-28-10-9-26-21-27(36)13-17-33(26,2)31(28)14-18-34(29,30)3/h4-9,23,25,27-31,36H,10-22H2,1-3H3/t23-,27+,28?,29-,30?,31?,33+,34-/m1/s1. The van der Waals surface area contributed by atoms with Crippen molar-refractivity contribution in [3.8, 4) is 0 Å². The highest BCUT2D eigenvalue weighted by Crippen LogP contribution is 2.67. The third-order valence-electron chi connectivity index (χ3n) is 12.4. The van der Waals surface area contributed by atoms with Gasteiger partial charge < -0.3 is 10.0 Å². The second-order valence-electron chi connectivity index (χ2n) is 14.2. The molecule has 5 aliphatic rings. The van der Waals surface area contributed by atoms with Crippen molar-refractivity contribution in [1.29, 1.82) is 0 Å². The van der Waals surface area contributed by atoms with Gasteiger partial charge in [-0.3, -0.25) is 4.79 Å². The molecule has 3 unspecified atom stereocenters. The van der Waals surface area contributed by atoms with Crippen molar-refractivity contribution in [3.05, 3.63) is 47.5 Å². The quantitative estimate of drug-likeness (QED) is 0.342. The number of aliphatic hydroxyl groups is 1. The lowest BCUT2D eigenvalue weighted by Gasteiger charge is -2.58. The van der Waals surface area contributed by atoms with Crippen molar-refractivity contribution in [2.75, 3.05) is 19.6 Å². The van der Waals surface area contributed by atoms with Crippen LogP contribution in [0.4, 0.5) is 0 Å². The van der Waals surface area contributed by atoms with Crippen molar-refractivity contribution < 1.29 is 9.90 Å². The van der Waals surface area contributed by atoms with Crippen molar-refractivity contribution in [2.45, 2.75) is 91.1 Å². The van der Waals surface area contributed by atoms with Gasteiger partial charge in [0.05, 0.1) is 6.10 Å². The minimum absolute atomic E-state index is 0.108. The number of benzene rings is 1. The summed E-state index contributed by atoms with van der Waals surface area (Å²) in [5, 5.41) is 10.3. The Balaban J connectivity index is 1.08. The first kappa shape index (κ1) is 25.8. The van der Waals surface area contributed by atoms with Crippen LogP contribution in [0.3, 0.4) is 0 Å². The normalized spacial score (nSPS) is 41.3. The second kappa shape index (κ2) is 9.94. The van der Waals surface area contributed by atoms with Gasteiger partial charge in [-0.2, -0.15) is 0 Å². The van der Waals surface area contributed by atoms with Gasteiger partial charge >= 0.3 is 0 Å². The van der Waals surface area contributed by atoms with Crippen LogP contribution in [0.15, 0.2) is 42.0 Å². The van der Waals surface area contributed by atoms with Gasteiger partial charge in [0.15, 0.2) is 5.78 Å². The summed E-state index contributed by atoms with van der Waals surface area (Å²) < 4.78 is 0. The van der Waals surface area contributed by atoms with Crippen LogP contribution in [0.25, 0.3) is 0 Å². The van der Waals surface area contributed by atoms with Crippen LogP contribution < -0.4 is 0 Å². The van der Waals surface area contributed by atoms with Crippen molar-refractivity contribution in [3.63, 3.8) is 0 Å². The van der Waals surface area contributed by atoms with E-state index >= 15 is 0 Å². The van der Waals surface area contributed by atoms with Crippen LogP contribution in [0.1, 0.15) is 95.3 Å². The molecule has 0 spiro atoms. The maximum Gasteiger partial charge on any atom is 0.166 e. The molecular formula is C34H49NO2. The SMILES string of the molecule is C[C@H](CN1CCC(C(=O)c2ccccc2)CC1)[C@H]1CCC2C3CC=C4C[C@@H](O)CC[C@]4(C)C3CC[C@@]21C. The van der Waals surface area contributed by atoms with Crippen LogP contribution in [0, 0.1) is 46.3 Å². The summed E-state index contributed by atoms with van der Waals surface area (Å²) >= 11 is 0. The zero-order valence-corrected chi connectivity index (χ0v) is 23.5. The number of rotatable bonds is 5. The van der Waals surface area contributed by atoms with E-state index in [9.17, 15) is 9.90 Å². The molecule has 0 radical (unpaired) electrons. The minimum Gasteiger partial charge on any atom is -0.393 e. The van der Waals surface area contributed by atoms with Crippen molar-refractivity contribution >= 4 is 5.78 Å². The Morgan fingerprint density at radius 2 is 1.76 bits per heavy atom. The summed E-state index contributed by atoms with van der Waals surface area (Å²) in [4.78, 5) is 15.6. The molecule has 1 aliphatic heterocycles. The first-order valence-electron chi connectivity index (χ1n) is 15.5. The summed E-state index contributed by atoms with van der Waals surface area (Å²) in [6.07, 6.45) is 14.5. The number of nitrogens with zero attached hydrogens (tertiary/aromatic N) is 1. The molecular weight excluding hydrogens is 454 g/mol. The fraction of sp³-hybridized carbons (Fsp3) is 0.735. The molecule has 3 nitrogen and oxygen atoms in total. The van der Waals surface area contributed by atoms with E-state index in [1.807, 2.05) is 30.3 Å². The number of piperidine rings is 1. The lowest BCUT2D eigenvalue weighted by atomic mass is 9.47. The molecule has 0 aromatic heterocycles. The Bertz CT molecular complexity index is 1010. The average Bonchev–Trinajstić information content (AvgIpc) is 3.27. The van der Waals surface area contributed by atoms with Crippen LogP contribution in [-0.2, 0) is 0 Å². The third kappa shape index (κ3) is 4.46. The maximum absolute atomic E-state index is 12.9. The molecule has 0 bridgehead atoms. The van der Waals surface area contributed by atoms with E-state index < -0.39 is 0 Å². The van der Waals surface area contributed by atoms with Gasteiger partial charge in [-0.1, -0.05) is 62.8 Å². The summed E-state index contributed by atoms with van der Waals surface area (Å²) in [7, 11) is 0. The molecule has 0 amide bonds. The van der Waals surface area contributed by atoms with Crippen molar-refractivity contribution in [2.24, 2.45) is 46.3 Å². The van der Waals surface area contributed by atoms with Crippen LogP contribution >= 0.6 is 0 Å². The molecule has 6 rings (SSSR count). The highest BCUT2D eigenvalue weighted by atomic mass is 16.3. The topological polar surface area (TPSA) is 40.5 Å². The van der Waals surface area contributed by atoms with E-state index in [4.69, 9.17) is 0 Å². The average molecular weight is 504 g/mol. The highest BCUT2D eigenvalue weighted by molar-refractivity contribution is 5.97. The summed E-state index contributed by atoms with van der Waals surface area (Å²) in [6, 6.07) is 9.91. The lowest BCUT2D eigenvalue weighted by Crippen LogP contribution is -2.51. The molecule has 1 heterocycles. The highest BCUT2D eigenvalue weighted by Gasteiger charge is 2.59. The van der Waals surface area contributed by atoms with E-state index in [0.29, 0.717) is 16.6 Å². The fourth-order valence-corrected chi connectivity index (χ4v) is 10.4. The number of Topliss-reactive ketones (excluding diaryl/α,β-unsaturated/α-hetero) is 1. The third-order valence-corrected chi connectivity index (χ3v) is 12.4. The van der Waals surface area contributed by atoms with Gasteiger partial charge in [0.2, 0.25) is 0 Å². The molecule has 4 fully saturated rings. The Morgan fingerprint density at radius 1 is 1.00 bits per heavy atom. The van der Waals surface area contributed by atoms with E-state index in [1.165, 1.54) is 45.1 Å². The zero-order valence-electron chi connectivity index (χ0n) is 23.5. The zero-order chi connectivity index (χ0) is 25.8. The van der Waals surface area contributed by atoms with Gasteiger partial charge in [-0.25, -0.2) is 0 Å². The Morgan fingerprint density at radius 3 is 2.51 bits per heavy atom. The molecule has 1 N–H and O–H groups in total. The molecule has 1 aromatic rings. The van der Waals surface area contributed by atoms with Gasteiger partial charge in [0, 0.05) is 18.0 Å². The van der Waals surface area contributed by atoms with Crippen molar-refractivity contribution in [1.82, 2.24) is 4.90 Å². The predicted molar refractivity (Wildman–Crippen MR) is 150 cm³/mol. The number of hydrogen-bond acceptors (Lipinski definition) is 3. The minimum atomic E-state index is -0.108. The molecule has 1 saturated heterocycles. The predicted octanol–water partition coefficient (Wildman–Crippen LogP) is 7.16. The lowest BCUT2D eigenvalue weighted by molar-refractivity contribution is -0.0588. The number of ketones is 1. The first-order valence-corrected chi connectivity index (χ1v) is 15.5. The monoisotopic (exact) mass is 503 g/mol. The van der Waals surface area contributed by atoms with Gasteiger partial charge in [-0.15, -0.1) is 0 Å². The van der Waals surface area contributed by atoms with Crippen LogP contribution in [0.2, 0.25) is 0 Å². The van der Waals surface area contributed by atoms with E-state index in [-0.39, 0.29) is 12.0 Å². The Labute approximate surface area is 225 Å². The molecule has 4 aliphatic carbocycles. The van der Waals surface area contributed by atoms with Gasteiger partial charge in [0.25, 0.3) is 0 Å². The summed E-state index contributed by atoms with van der Waals surface area (Å²) in [5.74, 6) is 4.64. The molecule has 8 atom stereocenters. The second-order valence-corrected chi connectivity index (χ2v) is 14.2. The summed E-state index contributed by atoms with van der Waals surface area (Å²) in [6.45, 7) is 11.1. The fourth-order valence-electron chi connectivity index (χ4n) is 10.4. The van der Waals surface area contributed by atoms with Gasteiger partial charge in [-0.05, 0) is 118 Å². The molecule has 202 valence electrons. The molecule has 3 saturated carbocycles. The smallest absolute Gasteiger partial charge is 0.166 e. The van der Waals surface area contributed by atoms with Crippen LogP contribution in [-0.4, -0.2) is 41.5 Å². The molecule has 3 heteroatoms. The molecule has 1 aromatic carbocycles.